The molecule has 2 aromatic carbocycles. The molecule has 31 heavy (non-hydrogen) atoms. The van der Waals surface area contributed by atoms with Gasteiger partial charge in [0.25, 0.3) is 11.9 Å². The van der Waals surface area contributed by atoms with Crippen molar-refractivity contribution < 1.29 is 14.4 Å². The third-order valence-electron chi connectivity index (χ3n) is 4.99. The SMILES string of the molecule is CCC(=O)N1c2ccccc2-c2c(=O)[nH]c(SC)n[n+]2[C@@H]1c1ccc(Cl)c([N+](=O)[O-])c1. The molecule has 1 aliphatic heterocycles. The molecule has 0 bridgehead atoms. The Kier molecular flexibility index (Phi) is 5.50. The second-order valence-corrected chi connectivity index (χ2v) is 7.93. The highest BCUT2D eigenvalue weighted by Gasteiger charge is 2.45. The molecule has 11 heteroatoms. The molecule has 9 nitrogen and oxygen atoms in total. The van der Waals surface area contributed by atoms with E-state index < -0.39 is 11.1 Å². The highest BCUT2D eigenvalue weighted by atomic mass is 35.5. The number of nitrogens with one attached hydrogen (secondary N) is 1. The number of aromatic amines is 1. The molecule has 1 atom stereocenters. The molecule has 0 saturated carbocycles. The number of fused-ring (bicyclic) bond motifs is 3. The van der Waals surface area contributed by atoms with E-state index in [2.05, 4.69) is 10.1 Å². The average Bonchev–Trinajstić information content (AvgIpc) is 2.77. The van der Waals surface area contributed by atoms with Gasteiger partial charge >= 0.3 is 11.3 Å². The average molecular weight is 459 g/mol. The number of nitrogens with zero attached hydrogens (tertiary/aromatic N) is 4. The molecular formula is C20H17ClN5O4S+. The van der Waals surface area contributed by atoms with Crippen LogP contribution in [-0.2, 0) is 4.79 Å². The van der Waals surface area contributed by atoms with Crippen LogP contribution in [0.15, 0.2) is 52.4 Å². The number of anilines is 1. The van der Waals surface area contributed by atoms with Crippen LogP contribution in [0, 0.1) is 10.1 Å². The normalized spacial score (nSPS) is 14.7. The molecule has 0 spiro atoms. The molecule has 1 amide bonds. The summed E-state index contributed by atoms with van der Waals surface area (Å²) in [6.45, 7) is 1.73. The lowest BCUT2D eigenvalue weighted by atomic mass is 10.0. The van der Waals surface area contributed by atoms with E-state index in [1.165, 1.54) is 33.5 Å². The maximum Gasteiger partial charge on any atom is 0.325 e. The number of H-pyrrole nitrogens is 1. The number of nitro benzene ring substituents is 1. The Morgan fingerprint density at radius 3 is 2.77 bits per heavy atom. The van der Waals surface area contributed by atoms with Crippen molar-refractivity contribution in [1.82, 2.24) is 10.1 Å². The monoisotopic (exact) mass is 458 g/mol. The summed E-state index contributed by atoms with van der Waals surface area (Å²) in [4.78, 5) is 41.2. The number of aromatic nitrogens is 3. The fourth-order valence-electron chi connectivity index (χ4n) is 3.63. The molecule has 0 radical (unpaired) electrons. The predicted octanol–water partition coefficient (Wildman–Crippen LogP) is 3.31. The largest absolute Gasteiger partial charge is 0.325 e. The zero-order valence-electron chi connectivity index (χ0n) is 16.5. The van der Waals surface area contributed by atoms with Crippen molar-refractivity contribution in [3.05, 3.63) is 73.5 Å². The van der Waals surface area contributed by atoms with Gasteiger partial charge in [0.15, 0.2) is 0 Å². The Balaban J connectivity index is 2.09. The van der Waals surface area contributed by atoms with Crippen molar-refractivity contribution in [3.63, 3.8) is 0 Å². The van der Waals surface area contributed by atoms with Gasteiger partial charge in [-0.25, -0.2) is 4.90 Å². The molecule has 3 aromatic rings. The van der Waals surface area contributed by atoms with Gasteiger partial charge in [-0.3, -0.25) is 24.7 Å². The van der Waals surface area contributed by atoms with E-state index in [0.29, 0.717) is 22.0 Å². The lowest BCUT2D eigenvalue weighted by molar-refractivity contribution is -0.763. The van der Waals surface area contributed by atoms with Crippen LogP contribution in [0.5, 0.6) is 0 Å². The fraction of sp³-hybridized carbons (Fsp3) is 0.200. The van der Waals surface area contributed by atoms with Crippen molar-refractivity contribution in [3.8, 4) is 11.3 Å². The molecule has 0 unspecified atom stereocenters. The molecule has 1 aromatic heterocycles. The first-order chi connectivity index (χ1) is 14.9. The molecule has 2 heterocycles. The van der Waals surface area contributed by atoms with Gasteiger partial charge in [0.05, 0.1) is 21.7 Å². The highest BCUT2D eigenvalue weighted by Crippen LogP contribution is 2.39. The molecule has 1 aliphatic rings. The van der Waals surface area contributed by atoms with Gasteiger partial charge in [-0.05, 0) is 35.2 Å². The van der Waals surface area contributed by atoms with Gasteiger partial charge in [0.1, 0.15) is 5.02 Å². The minimum absolute atomic E-state index is 0.0211. The molecule has 0 saturated heterocycles. The number of hydrogen-bond acceptors (Lipinski definition) is 6. The quantitative estimate of drug-likeness (QED) is 0.278. The molecule has 158 valence electrons. The smallest absolute Gasteiger partial charge is 0.291 e. The fourth-order valence-corrected chi connectivity index (χ4v) is 4.19. The summed E-state index contributed by atoms with van der Waals surface area (Å²) in [5.41, 5.74) is 1.08. The molecular weight excluding hydrogens is 442 g/mol. The van der Waals surface area contributed by atoms with Gasteiger partial charge in [0, 0.05) is 17.6 Å². The standard InChI is InChI=1S/C20H16ClN5O4S/c1-3-16(27)24-14-7-5-4-6-12(14)17-18(28)22-20(31-2)23-25(17)19(24)11-8-9-13(21)15(10-11)26(29)30/h4-10,19H,3H2,1-2H3/p+1/t19-/m1/s1. The van der Waals surface area contributed by atoms with Gasteiger partial charge in [0.2, 0.25) is 11.1 Å². The topological polar surface area (TPSA) is 113 Å². The molecule has 0 fully saturated rings. The van der Waals surface area contributed by atoms with Gasteiger partial charge in [-0.15, -0.1) is 0 Å². The van der Waals surface area contributed by atoms with Crippen LogP contribution < -0.4 is 15.1 Å². The summed E-state index contributed by atoms with van der Waals surface area (Å²) in [5, 5.41) is 16.4. The van der Waals surface area contributed by atoms with Crippen LogP contribution in [0.4, 0.5) is 11.4 Å². The zero-order chi connectivity index (χ0) is 22.3. The van der Waals surface area contributed by atoms with E-state index in [1.807, 2.05) is 0 Å². The Hall–Kier alpha value is -3.24. The van der Waals surface area contributed by atoms with Crippen LogP contribution in [0.25, 0.3) is 11.3 Å². The summed E-state index contributed by atoms with van der Waals surface area (Å²) in [7, 11) is 0. The number of hydrogen-bond donors (Lipinski definition) is 1. The Morgan fingerprint density at radius 1 is 1.35 bits per heavy atom. The van der Waals surface area contributed by atoms with Crippen molar-refractivity contribution in [2.45, 2.75) is 24.7 Å². The van der Waals surface area contributed by atoms with Crippen LogP contribution in [0.1, 0.15) is 25.1 Å². The van der Waals surface area contributed by atoms with E-state index in [1.54, 1.807) is 43.5 Å². The first kappa shape index (κ1) is 21.0. The van der Waals surface area contributed by atoms with Gasteiger partial charge < -0.3 is 0 Å². The molecule has 4 rings (SSSR count). The van der Waals surface area contributed by atoms with E-state index >= 15 is 0 Å². The van der Waals surface area contributed by atoms with E-state index in [9.17, 15) is 19.7 Å². The first-order valence-corrected chi connectivity index (χ1v) is 10.9. The number of carbonyl (C=O) groups is 1. The van der Waals surface area contributed by atoms with Crippen LogP contribution >= 0.6 is 23.4 Å². The Labute approximate surface area is 185 Å². The van der Waals surface area contributed by atoms with Crippen molar-refractivity contribution >= 4 is 40.6 Å². The Morgan fingerprint density at radius 2 is 2.10 bits per heavy atom. The lowest BCUT2D eigenvalue weighted by Crippen LogP contribution is -2.60. The van der Waals surface area contributed by atoms with Crippen molar-refractivity contribution in [2.24, 2.45) is 0 Å². The maximum absolute atomic E-state index is 13.1. The van der Waals surface area contributed by atoms with Gasteiger partial charge in [-0.1, -0.05) is 42.4 Å². The second-order valence-electron chi connectivity index (χ2n) is 6.73. The minimum atomic E-state index is -0.901. The number of carbonyl (C=O) groups excluding carboxylic acids is 1. The van der Waals surface area contributed by atoms with Crippen LogP contribution in [0.2, 0.25) is 5.02 Å². The number of amides is 1. The lowest BCUT2D eigenvalue weighted by Gasteiger charge is -2.31. The summed E-state index contributed by atoms with van der Waals surface area (Å²) in [6, 6.07) is 11.3. The second kappa shape index (κ2) is 8.12. The summed E-state index contributed by atoms with van der Waals surface area (Å²) < 4.78 is 1.45. The molecule has 0 aliphatic carbocycles. The first-order valence-electron chi connectivity index (χ1n) is 9.32. The zero-order valence-corrected chi connectivity index (χ0v) is 18.1. The van der Waals surface area contributed by atoms with E-state index in [-0.39, 0.29) is 34.3 Å². The summed E-state index contributed by atoms with van der Waals surface area (Å²) in [6.07, 6.45) is 1.05. The number of thioether (sulfide) groups is 1. The van der Waals surface area contributed by atoms with Crippen LogP contribution in [0.3, 0.4) is 0 Å². The maximum atomic E-state index is 13.1. The van der Waals surface area contributed by atoms with E-state index in [0.717, 1.165) is 0 Å². The molecule has 1 N–H and O–H groups in total. The number of rotatable bonds is 4. The number of benzene rings is 2. The summed E-state index contributed by atoms with van der Waals surface area (Å²) in [5.74, 6) is -0.221. The van der Waals surface area contributed by atoms with E-state index in [4.69, 9.17) is 11.6 Å². The number of halogens is 1. The third-order valence-corrected chi connectivity index (χ3v) is 5.88. The summed E-state index contributed by atoms with van der Waals surface area (Å²) >= 11 is 7.25. The minimum Gasteiger partial charge on any atom is -0.291 e. The Bertz CT molecular complexity index is 1280. The van der Waals surface area contributed by atoms with Crippen LogP contribution in [-0.4, -0.2) is 27.2 Å². The van der Waals surface area contributed by atoms with Crippen molar-refractivity contribution in [1.29, 1.82) is 0 Å². The van der Waals surface area contributed by atoms with Gasteiger partial charge in [-0.2, -0.15) is 0 Å². The highest BCUT2D eigenvalue weighted by molar-refractivity contribution is 7.98. The number of para-hydroxylation sites is 1. The van der Waals surface area contributed by atoms with Crippen molar-refractivity contribution in [2.75, 3.05) is 11.2 Å². The number of nitro groups is 1. The third kappa shape index (κ3) is 3.47. The predicted molar refractivity (Wildman–Crippen MR) is 116 cm³/mol.